The molecule has 3 saturated heterocycles. The molecule has 0 bridgehead atoms. The molecule has 0 aromatic heterocycles. The summed E-state index contributed by atoms with van der Waals surface area (Å²) in [5, 5.41) is 12.9. The predicted molar refractivity (Wildman–Crippen MR) is 215 cm³/mol. The van der Waals surface area contributed by atoms with Gasteiger partial charge in [-0.15, -0.1) is 0 Å². The van der Waals surface area contributed by atoms with Crippen LogP contribution in [0.1, 0.15) is 108 Å². The first kappa shape index (κ1) is 45.1. The first-order valence-corrected chi connectivity index (χ1v) is 20.6. The Hall–Kier alpha value is -3.99. The van der Waals surface area contributed by atoms with Crippen molar-refractivity contribution in [3.05, 3.63) is 70.8 Å². The minimum Gasteiger partial charge on any atom is -0.463 e. The van der Waals surface area contributed by atoms with Crippen LogP contribution in [0.15, 0.2) is 48.5 Å². The summed E-state index contributed by atoms with van der Waals surface area (Å²) in [6.45, 7) is 9.92. The topological polar surface area (TPSA) is 168 Å². The molecule has 0 spiro atoms. The molecule has 3 aliphatic heterocycles. The van der Waals surface area contributed by atoms with Gasteiger partial charge in [0.05, 0.1) is 23.8 Å². The van der Waals surface area contributed by atoms with Crippen molar-refractivity contribution in [1.82, 2.24) is 10.2 Å². The molecule has 0 saturated carbocycles. The Balaban J connectivity index is 1.28. The smallest absolute Gasteiger partial charge is 0.303 e. The number of rotatable bonds is 14. The van der Waals surface area contributed by atoms with E-state index < -0.39 is 60.7 Å². The summed E-state index contributed by atoms with van der Waals surface area (Å²) in [4.78, 5) is 51.1. The molecule has 0 radical (unpaired) electrons. The molecule has 3 fully saturated rings. The Morgan fingerprint density at radius 3 is 1.84 bits per heavy atom. The molecule has 9 atom stereocenters. The summed E-state index contributed by atoms with van der Waals surface area (Å²) in [7, 11) is 0. The van der Waals surface area contributed by atoms with Crippen LogP contribution in [0, 0.1) is 5.92 Å². The fraction of sp³-hybridized carbons (Fsp3) is 0.605. The highest BCUT2D eigenvalue weighted by Crippen LogP contribution is 2.42. The lowest BCUT2D eigenvalue weighted by Crippen LogP contribution is -2.62. The number of nitrogens with one attached hydrogen (secondary N) is 1. The van der Waals surface area contributed by atoms with E-state index in [9.17, 15) is 24.3 Å². The number of esters is 4. The molecular formula is C43H58N2O12S. The first-order chi connectivity index (χ1) is 27.8. The molecule has 9 unspecified atom stereocenters. The maximum Gasteiger partial charge on any atom is 0.303 e. The number of hydrogen-bond donors (Lipinski definition) is 2. The zero-order valence-corrected chi connectivity index (χ0v) is 34.9. The van der Waals surface area contributed by atoms with Crippen LogP contribution in [0.3, 0.4) is 0 Å². The molecule has 14 nitrogen and oxygen atoms in total. The van der Waals surface area contributed by atoms with Crippen LogP contribution in [0.4, 0.5) is 0 Å². The summed E-state index contributed by atoms with van der Waals surface area (Å²) in [6.07, 6.45) is -0.340. The lowest BCUT2D eigenvalue weighted by molar-refractivity contribution is -0.276. The van der Waals surface area contributed by atoms with Crippen molar-refractivity contribution in [1.29, 1.82) is 0 Å². The number of ether oxygens (including phenoxy) is 7. The van der Waals surface area contributed by atoms with Crippen LogP contribution in [-0.2, 0) is 65.5 Å². The van der Waals surface area contributed by atoms with E-state index in [-0.39, 0.29) is 37.8 Å². The summed E-state index contributed by atoms with van der Waals surface area (Å²) in [6, 6.07) is 15.9. The number of carbonyl (C=O) groups is 4. The van der Waals surface area contributed by atoms with E-state index in [4.69, 9.17) is 45.4 Å². The molecule has 0 aliphatic carbocycles. The van der Waals surface area contributed by atoms with E-state index in [1.165, 1.54) is 59.8 Å². The number of thiocarbonyl (C=S) groups is 1. The van der Waals surface area contributed by atoms with Gasteiger partial charge in [-0.2, -0.15) is 0 Å². The maximum atomic E-state index is 12.2. The number of nitrogens with zero attached hydrogens (tertiary/aromatic N) is 1. The number of aliphatic hydroxyl groups excluding tert-OH is 1. The second-order valence-corrected chi connectivity index (χ2v) is 15.8. The van der Waals surface area contributed by atoms with Gasteiger partial charge in [0.1, 0.15) is 18.8 Å². The van der Waals surface area contributed by atoms with Crippen LogP contribution in [0.2, 0.25) is 0 Å². The van der Waals surface area contributed by atoms with Crippen molar-refractivity contribution in [2.24, 2.45) is 5.92 Å². The molecule has 58 heavy (non-hydrogen) atoms. The van der Waals surface area contributed by atoms with Gasteiger partial charge < -0.3 is 48.5 Å². The molecule has 3 aliphatic rings. The number of likely N-dealkylation sites (tertiary alicyclic amines) is 1. The van der Waals surface area contributed by atoms with Gasteiger partial charge in [-0.1, -0.05) is 86.9 Å². The minimum absolute atomic E-state index is 0.0213. The quantitative estimate of drug-likeness (QED) is 0.145. The lowest BCUT2D eigenvalue weighted by Gasteiger charge is -2.44. The van der Waals surface area contributed by atoms with E-state index in [1.807, 2.05) is 48.5 Å². The van der Waals surface area contributed by atoms with E-state index in [0.29, 0.717) is 11.5 Å². The predicted octanol–water partition coefficient (Wildman–Crippen LogP) is 5.17. The van der Waals surface area contributed by atoms with Gasteiger partial charge in [0, 0.05) is 58.7 Å². The highest BCUT2D eigenvalue weighted by Gasteiger charge is 2.52. The van der Waals surface area contributed by atoms with Gasteiger partial charge in [0.2, 0.25) is 0 Å². The fourth-order valence-electron chi connectivity index (χ4n) is 7.81. The average molecular weight is 827 g/mol. The standard InChI is InChI=1S/C43H58N2O12S/c1-26-36(23-45-19-9-7-6-8-10-20-45)56-43(57-39(26)33-15-13-32(24-46)14-16-33)34-17-11-31(12-18-34)22-44-38(58)21-35-40(52-28(3)48)42(54-30(5)50)41(53-29(4)49)37(55-35)25-51-27(2)47/h11-18,26,35-37,39-43,46H,6-10,19-25H2,1-5H3,(H,44,58). The molecule has 2 N–H and O–H groups in total. The molecule has 5 rings (SSSR count). The van der Waals surface area contributed by atoms with Gasteiger partial charge in [-0.05, 0) is 42.6 Å². The van der Waals surface area contributed by atoms with Gasteiger partial charge >= 0.3 is 23.9 Å². The highest BCUT2D eigenvalue weighted by molar-refractivity contribution is 7.80. The van der Waals surface area contributed by atoms with Crippen molar-refractivity contribution >= 4 is 41.1 Å². The summed E-state index contributed by atoms with van der Waals surface area (Å²) < 4.78 is 41.4. The molecule has 2 aromatic carbocycles. The Morgan fingerprint density at radius 2 is 1.26 bits per heavy atom. The Labute approximate surface area is 346 Å². The summed E-state index contributed by atoms with van der Waals surface area (Å²) in [5.41, 5.74) is 3.69. The average Bonchev–Trinajstić information content (AvgIpc) is 3.17. The molecule has 15 heteroatoms. The fourth-order valence-corrected chi connectivity index (χ4v) is 8.04. The minimum atomic E-state index is -1.26. The van der Waals surface area contributed by atoms with Crippen LogP contribution >= 0.6 is 12.2 Å². The summed E-state index contributed by atoms with van der Waals surface area (Å²) >= 11 is 5.71. The van der Waals surface area contributed by atoms with Crippen LogP contribution in [0.5, 0.6) is 0 Å². The zero-order valence-electron chi connectivity index (χ0n) is 34.1. The van der Waals surface area contributed by atoms with E-state index in [0.717, 1.165) is 41.9 Å². The largest absolute Gasteiger partial charge is 0.463 e. The molecule has 2 aromatic rings. The SMILES string of the molecule is CC(=O)OCC1OC(CC(=S)NCc2ccc(C3OC(CN4CCCCCCC4)C(C)C(c4ccc(CO)cc4)O3)cc2)C(OC(C)=O)C(OC(C)=O)C1OC(C)=O. The normalized spacial score (nSPS) is 27.9. The van der Waals surface area contributed by atoms with Crippen molar-refractivity contribution in [3.8, 4) is 0 Å². The second kappa shape index (κ2) is 21.9. The van der Waals surface area contributed by atoms with Crippen LogP contribution < -0.4 is 5.32 Å². The number of hydrogen-bond acceptors (Lipinski definition) is 14. The number of carbonyl (C=O) groups excluding carboxylic acids is 4. The van der Waals surface area contributed by atoms with Crippen molar-refractivity contribution in [2.45, 2.75) is 135 Å². The van der Waals surface area contributed by atoms with Crippen molar-refractivity contribution in [2.75, 3.05) is 26.2 Å². The first-order valence-electron chi connectivity index (χ1n) is 20.2. The third-order valence-electron chi connectivity index (χ3n) is 10.7. The molecule has 318 valence electrons. The second-order valence-electron chi connectivity index (χ2n) is 15.4. The Morgan fingerprint density at radius 1 is 0.707 bits per heavy atom. The van der Waals surface area contributed by atoms with Crippen molar-refractivity contribution in [3.63, 3.8) is 0 Å². The van der Waals surface area contributed by atoms with Gasteiger partial charge in [0.15, 0.2) is 24.6 Å². The third-order valence-corrected chi connectivity index (χ3v) is 11.0. The third kappa shape index (κ3) is 13.0. The Kier molecular flexibility index (Phi) is 17.0. The Bertz CT molecular complexity index is 1680. The van der Waals surface area contributed by atoms with E-state index in [1.54, 1.807) is 0 Å². The van der Waals surface area contributed by atoms with Crippen molar-refractivity contribution < 1.29 is 57.4 Å². The zero-order chi connectivity index (χ0) is 41.8. The molecule has 0 amide bonds. The number of benzene rings is 2. The van der Waals surface area contributed by atoms with E-state index in [2.05, 4.69) is 17.1 Å². The molecular weight excluding hydrogens is 769 g/mol. The van der Waals surface area contributed by atoms with E-state index >= 15 is 0 Å². The lowest BCUT2D eigenvalue weighted by atomic mass is 9.89. The highest BCUT2D eigenvalue weighted by atomic mass is 32.1. The van der Waals surface area contributed by atoms with Crippen LogP contribution in [0.25, 0.3) is 0 Å². The summed E-state index contributed by atoms with van der Waals surface area (Å²) in [5.74, 6) is -2.58. The monoisotopic (exact) mass is 826 g/mol. The number of aliphatic hydroxyl groups is 1. The maximum absolute atomic E-state index is 12.2. The van der Waals surface area contributed by atoms with Gasteiger partial charge in [-0.25, -0.2) is 0 Å². The van der Waals surface area contributed by atoms with Gasteiger partial charge in [-0.3, -0.25) is 19.2 Å². The van der Waals surface area contributed by atoms with Gasteiger partial charge in [0.25, 0.3) is 0 Å². The molecule has 3 heterocycles. The van der Waals surface area contributed by atoms with Crippen LogP contribution in [-0.4, -0.2) is 102 Å².